The highest BCUT2D eigenvalue weighted by molar-refractivity contribution is 6.54. The van der Waals surface area contributed by atoms with Crippen LogP contribution < -0.4 is 16.2 Å². The van der Waals surface area contributed by atoms with Crippen LogP contribution in [-0.4, -0.2) is 49.3 Å². The van der Waals surface area contributed by atoms with E-state index in [0.717, 1.165) is 0 Å². The van der Waals surface area contributed by atoms with E-state index in [1.54, 1.807) is 12.1 Å². The minimum Gasteiger partial charge on any atom is -0.505 e. The largest absolute Gasteiger partial charge is 0.505 e. The number of carboxylic acids is 1. The van der Waals surface area contributed by atoms with Gasteiger partial charge < -0.3 is 15.5 Å². The Morgan fingerprint density at radius 2 is 2.00 bits per heavy atom. The Labute approximate surface area is 139 Å². The number of nitrogens with zero attached hydrogens (tertiary/aromatic N) is 1. The van der Waals surface area contributed by atoms with Crippen molar-refractivity contribution in [3.8, 4) is 16.9 Å². The molecule has 0 saturated carbocycles. The van der Waals surface area contributed by atoms with E-state index in [1.165, 1.54) is 12.3 Å². The lowest BCUT2D eigenvalue weighted by atomic mass is 9.82. The molecule has 1 heterocycles. The van der Waals surface area contributed by atoms with Gasteiger partial charge in [-0.3, -0.25) is 9.59 Å². The van der Waals surface area contributed by atoms with Crippen LogP contribution in [0.2, 0.25) is 5.02 Å². The summed E-state index contributed by atoms with van der Waals surface area (Å²) in [6.07, 6.45) is 1.31. The molecule has 6 nitrogen and oxygen atoms in total. The van der Waals surface area contributed by atoms with E-state index in [9.17, 15) is 14.7 Å². The van der Waals surface area contributed by atoms with Gasteiger partial charge >= 0.3 is 5.97 Å². The molecule has 1 amide bonds. The van der Waals surface area contributed by atoms with Crippen LogP contribution in [0.1, 0.15) is 10.5 Å². The van der Waals surface area contributed by atoms with Gasteiger partial charge in [-0.25, -0.2) is 4.98 Å². The molecule has 9 heteroatoms. The number of amides is 1. The molecule has 23 heavy (non-hydrogen) atoms. The number of carbonyl (C=O) groups is 2. The Morgan fingerprint density at radius 3 is 2.61 bits per heavy atom. The molecule has 0 fully saturated rings. The maximum Gasteiger partial charge on any atom is 0.322 e. The van der Waals surface area contributed by atoms with Crippen molar-refractivity contribution in [3.05, 3.63) is 35.1 Å². The predicted octanol–water partition coefficient (Wildman–Crippen LogP) is -0.490. The fourth-order valence-corrected chi connectivity index (χ4v) is 2.04. The smallest absolute Gasteiger partial charge is 0.322 e. The fraction of sp³-hybridized carbons (Fsp3) is 0.0714. The molecule has 1 aromatic heterocycles. The Bertz CT molecular complexity index is 799. The average molecular weight is 326 g/mol. The second-order valence-corrected chi connectivity index (χ2v) is 4.98. The van der Waals surface area contributed by atoms with Crippen LogP contribution >= 0.6 is 11.6 Å². The number of carbonyl (C=O) groups excluding carboxylic acids is 1. The lowest BCUT2D eigenvalue weighted by molar-refractivity contribution is -0.135. The molecule has 2 aromatic rings. The lowest BCUT2D eigenvalue weighted by Gasteiger charge is -2.12. The van der Waals surface area contributed by atoms with E-state index in [4.69, 9.17) is 32.4 Å². The third-order valence-electron chi connectivity index (χ3n) is 3.00. The van der Waals surface area contributed by atoms with Crippen molar-refractivity contribution >= 4 is 50.1 Å². The third-order valence-corrected chi connectivity index (χ3v) is 3.43. The molecule has 0 aliphatic heterocycles. The topological polar surface area (TPSA) is 99.5 Å². The highest BCUT2D eigenvalue weighted by atomic mass is 35.5. The Kier molecular flexibility index (Phi) is 4.95. The van der Waals surface area contributed by atoms with Crippen LogP contribution in [0.15, 0.2) is 24.4 Å². The van der Waals surface area contributed by atoms with Crippen molar-refractivity contribution in [1.82, 2.24) is 10.3 Å². The normalized spacial score (nSPS) is 10.3. The van der Waals surface area contributed by atoms with Crippen molar-refractivity contribution in [3.63, 3.8) is 0 Å². The lowest BCUT2D eigenvalue weighted by Crippen LogP contribution is -2.29. The highest BCUT2D eigenvalue weighted by Crippen LogP contribution is 2.24. The molecule has 0 aliphatic carbocycles. The maximum atomic E-state index is 11.7. The minimum atomic E-state index is -1.21. The van der Waals surface area contributed by atoms with E-state index < -0.39 is 24.2 Å². The van der Waals surface area contributed by atoms with Gasteiger partial charge in [0.1, 0.15) is 28.0 Å². The van der Waals surface area contributed by atoms with E-state index in [-0.39, 0.29) is 16.2 Å². The summed E-state index contributed by atoms with van der Waals surface area (Å²) < 4.78 is 0. The number of hydrogen-bond donors (Lipinski definition) is 3. The fourth-order valence-electron chi connectivity index (χ4n) is 1.88. The van der Waals surface area contributed by atoms with Crippen LogP contribution in [0.3, 0.4) is 0 Å². The summed E-state index contributed by atoms with van der Waals surface area (Å²) in [5.74, 6) is -2.43. The van der Waals surface area contributed by atoms with Gasteiger partial charge in [0, 0.05) is 16.8 Å². The van der Waals surface area contributed by atoms with Crippen LogP contribution in [0, 0.1) is 0 Å². The summed E-state index contributed by atoms with van der Waals surface area (Å²) in [5, 5.41) is 20.7. The molecule has 0 unspecified atom stereocenters. The van der Waals surface area contributed by atoms with Crippen LogP contribution in [0.5, 0.6) is 5.75 Å². The van der Waals surface area contributed by atoms with Crippen LogP contribution in [0.4, 0.5) is 0 Å². The standard InChI is InChI=1S/C14H9B2ClN2O4/c15-8-2-1-7(11(16)12(8)17)6-3-9(20)13(18-4-6)14(23)19-5-10(21)22/h1-4,20H,5H2,(H,19,23)(H,21,22). The number of aromatic nitrogens is 1. The van der Waals surface area contributed by atoms with E-state index in [2.05, 4.69) is 10.3 Å². The number of hydrogen-bond acceptors (Lipinski definition) is 4. The van der Waals surface area contributed by atoms with Crippen LogP contribution in [0.25, 0.3) is 11.1 Å². The first-order chi connectivity index (χ1) is 10.8. The second-order valence-electron chi connectivity index (χ2n) is 4.60. The van der Waals surface area contributed by atoms with Crippen molar-refractivity contribution in [1.29, 1.82) is 0 Å². The summed E-state index contributed by atoms with van der Waals surface area (Å²) >= 11 is 5.97. The molecule has 0 bridgehead atoms. The first kappa shape index (κ1) is 16.9. The molecule has 4 radical (unpaired) electrons. The zero-order chi connectivity index (χ0) is 17.1. The molecule has 1 aromatic carbocycles. The van der Waals surface area contributed by atoms with Gasteiger partial charge in [0.2, 0.25) is 0 Å². The average Bonchev–Trinajstić information content (AvgIpc) is 2.50. The summed E-state index contributed by atoms with van der Waals surface area (Å²) in [5.41, 5.74) is 1.15. The minimum absolute atomic E-state index is 0.185. The zero-order valence-electron chi connectivity index (χ0n) is 11.7. The number of benzene rings is 1. The van der Waals surface area contributed by atoms with E-state index in [0.29, 0.717) is 16.6 Å². The van der Waals surface area contributed by atoms with Crippen molar-refractivity contribution in [2.45, 2.75) is 0 Å². The first-order valence-corrected chi connectivity index (χ1v) is 6.72. The van der Waals surface area contributed by atoms with E-state index in [1.807, 2.05) is 0 Å². The molecule has 0 aliphatic rings. The highest BCUT2D eigenvalue weighted by Gasteiger charge is 2.16. The van der Waals surface area contributed by atoms with Gasteiger partial charge in [-0.05, 0) is 11.6 Å². The van der Waals surface area contributed by atoms with Gasteiger partial charge in [-0.15, -0.1) is 0 Å². The molecular formula is C14H9B2ClN2O4. The Hall–Kier alpha value is -2.47. The maximum absolute atomic E-state index is 11.7. The number of rotatable bonds is 4. The molecule has 112 valence electrons. The molecule has 0 spiro atoms. The van der Waals surface area contributed by atoms with Gasteiger partial charge in [-0.2, -0.15) is 0 Å². The van der Waals surface area contributed by atoms with Gasteiger partial charge in [-0.1, -0.05) is 34.7 Å². The molecular weight excluding hydrogens is 317 g/mol. The predicted molar refractivity (Wildman–Crippen MR) is 87.1 cm³/mol. The van der Waals surface area contributed by atoms with E-state index >= 15 is 0 Å². The summed E-state index contributed by atoms with van der Waals surface area (Å²) in [4.78, 5) is 26.0. The van der Waals surface area contributed by atoms with Crippen molar-refractivity contribution in [2.75, 3.05) is 6.54 Å². The number of halogens is 1. The third kappa shape index (κ3) is 3.65. The summed E-state index contributed by atoms with van der Waals surface area (Å²) in [7, 11) is 11.5. The SMILES string of the molecule is [B]c1ccc(-c2cnc(C(=O)NCC(=O)O)c(O)c2)c([B])c1Cl. The molecule has 0 atom stereocenters. The number of pyridine rings is 1. The second kappa shape index (κ2) is 6.75. The summed E-state index contributed by atoms with van der Waals surface area (Å²) in [6, 6.07) is 4.44. The van der Waals surface area contributed by atoms with Crippen LogP contribution in [-0.2, 0) is 4.79 Å². The molecule has 0 saturated heterocycles. The number of aromatic hydroxyl groups is 1. The Balaban J connectivity index is 2.35. The number of aliphatic carboxylic acids is 1. The number of carboxylic acid groups (broad SMARTS) is 1. The monoisotopic (exact) mass is 326 g/mol. The van der Waals surface area contributed by atoms with Gasteiger partial charge in [0.25, 0.3) is 5.91 Å². The quantitative estimate of drug-likeness (QED) is 0.659. The van der Waals surface area contributed by atoms with Crippen molar-refractivity contribution in [2.24, 2.45) is 0 Å². The molecule has 3 N–H and O–H groups in total. The van der Waals surface area contributed by atoms with Crippen molar-refractivity contribution < 1.29 is 19.8 Å². The molecule has 2 rings (SSSR count). The first-order valence-electron chi connectivity index (χ1n) is 6.34. The number of nitrogens with one attached hydrogen (secondary N) is 1. The Morgan fingerprint density at radius 1 is 1.30 bits per heavy atom. The summed E-state index contributed by atoms with van der Waals surface area (Å²) in [6.45, 7) is -0.581. The zero-order valence-corrected chi connectivity index (χ0v) is 12.5. The van der Waals surface area contributed by atoms with Gasteiger partial charge in [0.05, 0.1) is 0 Å². The van der Waals surface area contributed by atoms with Gasteiger partial charge in [0.15, 0.2) is 5.69 Å².